The van der Waals surface area contributed by atoms with Gasteiger partial charge in [-0.2, -0.15) is 0 Å². The zero-order valence-corrected chi connectivity index (χ0v) is 20.6. The molecule has 1 N–H and O–H groups in total. The number of hydrogen-bond acceptors (Lipinski definition) is 7. The number of nitro benzene ring substituents is 1. The first-order valence-corrected chi connectivity index (χ1v) is 11.4. The molecule has 10 heteroatoms. The van der Waals surface area contributed by atoms with Crippen molar-refractivity contribution in [3.05, 3.63) is 98.8 Å². The number of methoxy groups -OCH3 is 2. The number of non-ortho nitro benzene ring substituents is 1. The fourth-order valence-corrected chi connectivity index (χ4v) is 3.83. The van der Waals surface area contributed by atoms with Crippen LogP contribution in [0.1, 0.15) is 12.5 Å². The second-order valence-electron chi connectivity index (χ2n) is 7.97. The largest absolute Gasteiger partial charge is 0.497 e. The summed E-state index contributed by atoms with van der Waals surface area (Å²) in [6, 6.07) is 20.4. The molecule has 1 aromatic heterocycles. The molecule has 0 fully saturated rings. The highest BCUT2D eigenvalue weighted by molar-refractivity contribution is 6.03. The Hall–Kier alpha value is -4.86. The highest BCUT2D eigenvalue weighted by Gasteiger charge is 2.20. The highest BCUT2D eigenvalue weighted by atomic mass is 16.6. The van der Waals surface area contributed by atoms with E-state index in [0.29, 0.717) is 46.4 Å². The second-order valence-corrected chi connectivity index (χ2v) is 7.97. The van der Waals surface area contributed by atoms with Crippen LogP contribution in [0.3, 0.4) is 0 Å². The summed E-state index contributed by atoms with van der Waals surface area (Å²) in [6.45, 7) is 2.37. The summed E-state index contributed by atoms with van der Waals surface area (Å²) in [5.41, 5.74) is 2.31. The Labute approximate surface area is 212 Å². The predicted octanol–water partition coefficient (Wildman–Crippen LogP) is 4.65. The summed E-state index contributed by atoms with van der Waals surface area (Å²) in [5, 5.41) is 14.2. The van der Waals surface area contributed by atoms with Crippen LogP contribution in [0.4, 0.5) is 5.69 Å². The van der Waals surface area contributed by atoms with E-state index in [2.05, 4.69) is 10.1 Å². The first kappa shape index (κ1) is 25.2. The second kappa shape index (κ2) is 11.3. The van der Waals surface area contributed by atoms with Gasteiger partial charge >= 0.3 is 0 Å². The minimum absolute atomic E-state index is 0.0632. The quantitative estimate of drug-likeness (QED) is 0.146. The van der Waals surface area contributed by atoms with Crippen molar-refractivity contribution >= 4 is 11.4 Å². The zero-order valence-electron chi connectivity index (χ0n) is 20.6. The molecule has 0 bridgehead atoms. The number of aromatic nitrogens is 2. The van der Waals surface area contributed by atoms with E-state index in [1.165, 1.54) is 28.9 Å². The Morgan fingerprint density at radius 3 is 2.27 bits per heavy atom. The summed E-state index contributed by atoms with van der Waals surface area (Å²) in [6.07, 6.45) is 0. The lowest BCUT2D eigenvalue weighted by Gasteiger charge is -2.09. The summed E-state index contributed by atoms with van der Waals surface area (Å²) >= 11 is 0. The predicted molar refractivity (Wildman–Crippen MR) is 141 cm³/mol. The maximum absolute atomic E-state index is 13.5. The van der Waals surface area contributed by atoms with E-state index in [0.717, 1.165) is 5.56 Å². The summed E-state index contributed by atoms with van der Waals surface area (Å²) in [7, 11) is 3.16. The Morgan fingerprint density at radius 1 is 0.973 bits per heavy atom. The molecule has 0 radical (unpaired) electrons. The van der Waals surface area contributed by atoms with Gasteiger partial charge < -0.3 is 14.2 Å². The molecule has 4 rings (SSSR count). The van der Waals surface area contributed by atoms with E-state index in [4.69, 9.17) is 14.2 Å². The van der Waals surface area contributed by atoms with Gasteiger partial charge in [0.1, 0.15) is 12.4 Å². The maximum Gasteiger partial charge on any atom is 0.280 e. The number of ether oxygens (including phenoxy) is 3. The van der Waals surface area contributed by atoms with Crippen LogP contribution in [-0.4, -0.2) is 47.8 Å². The average Bonchev–Trinajstić information content (AvgIpc) is 3.28. The molecule has 0 aliphatic carbocycles. The monoisotopic (exact) mass is 502 g/mol. The van der Waals surface area contributed by atoms with Crippen molar-refractivity contribution in [3.63, 3.8) is 0 Å². The van der Waals surface area contributed by atoms with E-state index in [1.807, 2.05) is 36.4 Å². The number of aliphatic imine (C=N–C) groups is 1. The number of H-pyrrole nitrogens is 1. The van der Waals surface area contributed by atoms with Gasteiger partial charge in [-0.05, 0) is 55.5 Å². The molecule has 0 amide bonds. The highest BCUT2D eigenvalue weighted by Crippen LogP contribution is 2.26. The lowest BCUT2D eigenvalue weighted by atomic mass is 10.1. The topological polar surface area (TPSA) is 121 Å². The number of rotatable bonds is 10. The Kier molecular flexibility index (Phi) is 7.68. The molecule has 37 heavy (non-hydrogen) atoms. The minimum atomic E-state index is -0.487. The maximum atomic E-state index is 13.5. The van der Waals surface area contributed by atoms with Crippen molar-refractivity contribution in [1.82, 2.24) is 9.78 Å². The van der Waals surface area contributed by atoms with Gasteiger partial charge in [0.15, 0.2) is 11.5 Å². The number of benzene rings is 3. The van der Waals surface area contributed by atoms with Crippen LogP contribution in [0, 0.1) is 10.1 Å². The molecule has 0 aliphatic rings. The molecule has 0 saturated heterocycles. The van der Waals surface area contributed by atoms with Gasteiger partial charge in [0, 0.05) is 23.4 Å². The summed E-state index contributed by atoms with van der Waals surface area (Å²) in [5.74, 6) is 1.92. The van der Waals surface area contributed by atoms with Crippen LogP contribution in [-0.2, 0) is 0 Å². The molecule has 0 saturated carbocycles. The Bertz CT molecular complexity index is 1470. The van der Waals surface area contributed by atoms with Gasteiger partial charge in [-0.15, -0.1) is 0 Å². The van der Waals surface area contributed by atoms with Gasteiger partial charge in [-0.25, -0.2) is 4.68 Å². The SMILES string of the molecule is COc1ccc(-c2[nH]n(-c3ccc([N+](=O)[O-])cc3)c(=O)c2C(C)=NCCOc2ccccc2OC)cc1. The van der Waals surface area contributed by atoms with Gasteiger partial charge in [0.2, 0.25) is 0 Å². The lowest BCUT2D eigenvalue weighted by Crippen LogP contribution is -2.20. The molecule has 0 unspecified atom stereocenters. The molecule has 0 spiro atoms. The van der Waals surface area contributed by atoms with E-state index in [1.54, 1.807) is 33.3 Å². The van der Waals surface area contributed by atoms with E-state index in [9.17, 15) is 14.9 Å². The first-order valence-electron chi connectivity index (χ1n) is 11.4. The van der Waals surface area contributed by atoms with Gasteiger partial charge in [0.05, 0.1) is 42.6 Å². The summed E-state index contributed by atoms with van der Waals surface area (Å²) < 4.78 is 17.7. The van der Waals surface area contributed by atoms with Crippen LogP contribution >= 0.6 is 0 Å². The number of nitro groups is 1. The summed E-state index contributed by atoms with van der Waals surface area (Å²) in [4.78, 5) is 28.7. The number of nitrogens with zero attached hydrogens (tertiary/aromatic N) is 3. The van der Waals surface area contributed by atoms with Crippen LogP contribution in [0.25, 0.3) is 16.9 Å². The fourth-order valence-electron chi connectivity index (χ4n) is 3.83. The smallest absolute Gasteiger partial charge is 0.280 e. The molecule has 4 aromatic rings. The third-order valence-corrected chi connectivity index (χ3v) is 5.72. The van der Waals surface area contributed by atoms with Crippen molar-refractivity contribution in [2.75, 3.05) is 27.4 Å². The Morgan fingerprint density at radius 2 is 1.65 bits per heavy atom. The third kappa shape index (κ3) is 5.53. The minimum Gasteiger partial charge on any atom is -0.497 e. The van der Waals surface area contributed by atoms with Crippen molar-refractivity contribution in [1.29, 1.82) is 0 Å². The first-order chi connectivity index (χ1) is 17.9. The number of aromatic amines is 1. The van der Waals surface area contributed by atoms with Crippen molar-refractivity contribution in [2.24, 2.45) is 4.99 Å². The van der Waals surface area contributed by atoms with Gasteiger partial charge in [-0.3, -0.25) is 25.0 Å². The van der Waals surface area contributed by atoms with Crippen molar-refractivity contribution < 1.29 is 19.1 Å². The standard InChI is InChI=1S/C27H26N4O6/c1-18(28-16-17-37-24-7-5-4-6-23(24)36-3)25-26(19-8-14-22(35-2)15-9-19)29-30(27(25)32)20-10-12-21(13-11-20)31(33)34/h4-15,29H,16-17H2,1-3H3. The number of hydrogen-bond donors (Lipinski definition) is 1. The fraction of sp³-hybridized carbons (Fsp3) is 0.185. The molecular formula is C27H26N4O6. The normalized spacial score (nSPS) is 11.3. The van der Waals surface area contributed by atoms with Gasteiger partial charge in [-0.1, -0.05) is 12.1 Å². The average molecular weight is 503 g/mol. The third-order valence-electron chi connectivity index (χ3n) is 5.72. The van der Waals surface area contributed by atoms with Gasteiger partial charge in [0.25, 0.3) is 11.2 Å². The van der Waals surface area contributed by atoms with Crippen LogP contribution < -0.4 is 19.8 Å². The molecular weight excluding hydrogens is 476 g/mol. The van der Waals surface area contributed by atoms with E-state index < -0.39 is 4.92 Å². The van der Waals surface area contributed by atoms with Crippen molar-refractivity contribution in [3.8, 4) is 34.2 Å². The molecule has 1 heterocycles. The molecule has 10 nitrogen and oxygen atoms in total. The van der Waals surface area contributed by atoms with E-state index in [-0.39, 0.29) is 17.9 Å². The zero-order chi connectivity index (χ0) is 26.4. The Balaban J connectivity index is 1.67. The molecule has 0 aliphatic heterocycles. The number of nitrogens with one attached hydrogen (secondary N) is 1. The van der Waals surface area contributed by atoms with Crippen LogP contribution in [0.5, 0.6) is 17.2 Å². The lowest BCUT2D eigenvalue weighted by molar-refractivity contribution is -0.384. The van der Waals surface area contributed by atoms with E-state index >= 15 is 0 Å². The molecule has 190 valence electrons. The molecule has 0 atom stereocenters. The number of para-hydroxylation sites is 2. The van der Waals surface area contributed by atoms with Crippen molar-refractivity contribution in [2.45, 2.75) is 6.92 Å². The van der Waals surface area contributed by atoms with Crippen LogP contribution in [0.15, 0.2) is 82.6 Å². The molecule has 3 aromatic carbocycles. The van der Waals surface area contributed by atoms with Crippen LogP contribution in [0.2, 0.25) is 0 Å².